The molecule has 0 aliphatic carbocycles. The van der Waals surface area contributed by atoms with E-state index in [4.69, 9.17) is 4.74 Å². The normalized spacial score (nSPS) is 24.5. The number of benzene rings is 1. The summed E-state index contributed by atoms with van der Waals surface area (Å²) in [6.07, 6.45) is 1.16. The first kappa shape index (κ1) is 15.7. The van der Waals surface area contributed by atoms with E-state index >= 15 is 0 Å². The van der Waals surface area contributed by atoms with Gasteiger partial charge in [-0.1, -0.05) is 0 Å². The number of hydrogen-bond acceptors (Lipinski definition) is 5. The first-order chi connectivity index (χ1) is 10.6. The third-order valence-corrected chi connectivity index (χ3v) is 6.43. The molecular formula is C15H23N3O3S. The lowest BCUT2D eigenvalue weighted by molar-refractivity contribution is 0.145. The Morgan fingerprint density at radius 3 is 2.36 bits per heavy atom. The van der Waals surface area contributed by atoms with Crippen LogP contribution < -0.4 is 10.1 Å². The van der Waals surface area contributed by atoms with Crippen LogP contribution in [0.5, 0.6) is 5.75 Å². The van der Waals surface area contributed by atoms with E-state index in [9.17, 15) is 8.42 Å². The van der Waals surface area contributed by atoms with Crippen molar-refractivity contribution in [2.24, 2.45) is 0 Å². The van der Waals surface area contributed by atoms with Crippen LogP contribution in [0.3, 0.4) is 0 Å². The Hall–Kier alpha value is -1.15. The Kier molecular flexibility index (Phi) is 4.67. The Morgan fingerprint density at radius 1 is 1.14 bits per heavy atom. The molecule has 2 saturated heterocycles. The lowest BCUT2D eigenvalue weighted by Crippen LogP contribution is -2.52. The SMILES string of the molecule is COc1ccc(S(=O)(=O)N2CCN(C3CCNC3)CC2)cc1. The second-order valence-electron chi connectivity index (χ2n) is 5.76. The van der Waals surface area contributed by atoms with Crippen LogP contribution in [-0.2, 0) is 10.0 Å². The zero-order valence-corrected chi connectivity index (χ0v) is 13.7. The molecule has 2 heterocycles. The Balaban J connectivity index is 1.65. The van der Waals surface area contributed by atoms with Crippen LogP contribution in [-0.4, -0.2) is 70.0 Å². The molecule has 1 N–H and O–H groups in total. The van der Waals surface area contributed by atoms with Gasteiger partial charge in [0.05, 0.1) is 12.0 Å². The fourth-order valence-electron chi connectivity index (χ4n) is 3.16. The summed E-state index contributed by atoms with van der Waals surface area (Å²) in [6.45, 7) is 4.82. The van der Waals surface area contributed by atoms with Crippen LogP contribution in [0.4, 0.5) is 0 Å². The summed E-state index contributed by atoms with van der Waals surface area (Å²) in [5.41, 5.74) is 0. The zero-order valence-electron chi connectivity index (χ0n) is 12.9. The number of ether oxygens (including phenoxy) is 1. The molecule has 2 aliphatic heterocycles. The van der Waals surface area contributed by atoms with Crippen molar-refractivity contribution < 1.29 is 13.2 Å². The van der Waals surface area contributed by atoms with Gasteiger partial charge in [0.1, 0.15) is 5.75 Å². The zero-order chi connectivity index (χ0) is 15.6. The molecule has 2 fully saturated rings. The highest BCUT2D eigenvalue weighted by molar-refractivity contribution is 7.89. The number of sulfonamides is 1. The van der Waals surface area contributed by atoms with Gasteiger partial charge in [-0.05, 0) is 37.2 Å². The Morgan fingerprint density at radius 2 is 1.82 bits per heavy atom. The van der Waals surface area contributed by atoms with Gasteiger partial charge >= 0.3 is 0 Å². The highest BCUT2D eigenvalue weighted by Gasteiger charge is 2.31. The average molecular weight is 325 g/mol. The van der Waals surface area contributed by atoms with E-state index in [2.05, 4.69) is 10.2 Å². The predicted molar refractivity (Wildman–Crippen MR) is 84.6 cm³/mol. The number of piperazine rings is 1. The molecule has 3 rings (SSSR count). The largest absolute Gasteiger partial charge is 0.497 e. The smallest absolute Gasteiger partial charge is 0.243 e. The van der Waals surface area contributed by atoms with Crippen molar-refractivity contribution in [2.75, 3.05) is 46.4 Å². The molecule has 6 nitrogen and oxygen atoms in total. The van der Waals surface area contributed by atoms with Crippen LogP contribution in [0.25, 0.3) is 0 Å². The molecule has 1 atom stereocenters. The molecule has 1 aromatic carbocycles. The first-order valence-corrected chi connectivity index (χ1v) is 9.14. The Bertz CT molecular complexity index is 589. The quantitative estimate of drug-likeness (QED) is 0.866. The Labute approximate surface area is 132 Å². The fourth-order valence-corrected chi connectivity index (χ4v) is 4.58. The van der Waals surface area contributed by atoms with Gasteiger partial charge in [-0.15, -0.1) is 0 Å². The molecule has 22 heavy (non-hydrogen) atoms. The maximum absolute atomic E-state index is 12.7. The molecule has 0 aromatic heterocycles. The van der Waals surface area contributed by atoms with Gasteiger partial charge < -0.3 is 10.1 Å². The van der Waals surface area contributed by atoms with E-state index in [0.717, 1.165) is 32.6 Å². The lowest BCUT2D eigenvalue weighted by atomic mass is 10.2. The van der Waals surface area contributed by atoms with E-state index in [1.165, 1.54) is 0 Å². The van der Waals surface area contributed by atoms with Gasteiger partial charge in [-0.2, -0.15) is 4.31 Å². The molecule has 0 amide bonds. The van der Waals surface area contributed by atoms with Gasteiger partial charge in [0, 0.05) is 38.8 Å². The molecule has 122 valence electrons. The van der Waals surface area contributed by atoms with Crippen molar-refractivity contribution >= 4 is 10.0 Å². The van der Waals surface area contributed by atoms with Crippen LogP contribution in [0, 0.1) is 0 Å². The number of rotatable bonds is 4. The summed E-state index contributed by atoms with van der Waals surface area (Å²) in [6, 6.07) is 7.16. The van der Waals surface area contributed by atoms with E-state index in [-0.39, 0.29) is 0 Å². The van der Waals surface area contributed by atoms with Crippen molar-refractivity contribution in [3.8, 4) is 5.75 Å². The topological polar surface area (TPSA) is 61.9 Å². The number of methoxy groups -OCH3 is 1. The summed E-state index contributed by atoms with van der Waals surface area (Å²) >= 11 is 0. The molecule has 1 aromatic rings. The highest BCUT2D eigenvalue weighted by atomic mass is 32.2. The summed E-state index contributed by atoms with van der Waals surface area (Å²) < 4.78 is 32.0. The summed E-state index contributed by atoms with van der Waals surface area (Å²) in [7, 11) is -1.83. The molecule has 0 radical (unpaired) electrons. The maximum atomic E-state index is 12.7. The molecule has 0 saturated carbocycles. The maximum Gasteiger partial charge on any atom is 0.243 e. The molecule has 2 aliphatic rings. The lowest BCUT2D eigenvalue weighted by Gasteiger charge is -2.37. The van der Waals surface area contributed by atoms with Gasteiger partial charge in [-0.3, -0.25) is 4.90 Å². The van der Waals surface area contributed by atoms with Crippen LogP contribution in [0.15, 0.2) is 29.2 Å². The highest BCUT2D eigenvalue weighted by Crippen LogP contribution is 2.21. The van der Waals surface area contributed by atoms with Crippen LogP contribution in [0.1, 0.15) is 6.42 Å². The second-order valence-corrected chi connectivity index (χ2v) is 7.70. The number of hydrogen-bond donors (Lipinski definition) is 1. The third kappa shape index (κ3) is 3.12. The van der Waals surface area contributed by atoms with E-state index in [1.54, 1.807) is 35.7 Å². The summed E-state index contributed by atoms with van der Waals surface area (Å²) in [4.78, 5) is 2.74. The molecular weight excluding hydrogens is 302 g/mol. The molecule has 0 bridgehead atoms. The van der Waals surface area contributed by atoms with Crippen LogP contribution in [0.2, 0.25) is 0 Å². The van der Waals surface area contributed by atoms with E-state index in [0.29, 0.717) is 29.8 Å². The van der Waals surface area contributed by atoms with Crippen molar-refractivity contribution in [3.63, 3.8) is 0 Å². The number of nitrogens with one attached hydrogen (secondary N) is 1. The molecule has 0 spiro atoms. The van der Waals surface area contributed by atoms with Gasteiger partial charge in [0.2, 0.25) is 10.0 Å². The molecule has 1 unspecified atom stereocenters. The predicted octanol–water partition coefficient (Wildman–Crippen LogP) is 0.363. The number of nitrogens with zero attached hydrogens (tertiary/aromatic N) is 2. The summed E-state index contributed by atoms with van der Waals surface area (Å²) in [5, 5.41) is 3.36. The fraction of sp³-hybridized carbons (Fsp3) is 0.600. The van der Waals surface area contributed by atoms with E-state index < -0.39 is 10.0 Å². The minimum Gasteiger partial charge on any atom is -0.497 e. The van der Waals surface area contributed by atoms with Gasteiger partial charge in [0.15, 0.2) is 0 Å². The molecule has 7 heteroatoms. The van der Waals surface area contributed by atoms with Crippen molar-refractivity contribution in [2.45, 2.75) is 17.4 Å². The van der Waals surface area contributed by atoms with Crippen molar-refractivity contribution in [3.05, 3.63) is 24.3 Å². The van der Waals surface area contributed by atoms with Crippen molar-refractivity contribution in [1.82, 2.24) is 14.5 Å². The standard InChI is InChI=1S/C15H23N3O3S/c1-21-14-2-4-15(5-3-14)22(19,20)18-10-8-17(9-11-18)13-6-7-16-12-13/h2-5,13,16H,6-12H2,1H3. The first-order valence-electron chi connectivity index (χ1n) is 7.70. The van der Waals surface area contributed by atoms with Gasteiger partial charge in [-0.25, -0.2) is 8.42 Å². The second kappa shape index (κ2) is 6.54. The monoisotopic (exact) mass is 325 g/mol. The average Bonchev–Trinajstić information content (AvgIpc) is 3.09. The van der Waals surface area contributed by atoms with Crippen LogP contribution >= 0.6 is 0 Å². The van der Waals surface area contributed by atoms with Gasteiger partial charge in [0.25, 0.3) is 0 Å². The minimum atomic E-state index is -3.40. The third-order valence-electron chi connectivity index (χ3n) is 4.52. The summed E-state index contributed by atoms with van der Waals surface area (Å²) in [5.74, 6) is 0.664. The van der Waals surface area contributed by atoms with E-state index in [1.807, 2.05) is 0 Å². The minimum absolute atomic E-state index is 0.337. The van der Waals surface area contributed by atoms with Crippen molar-refractivity contribution in [1.29, 1.82) is 0 Å².